The number of carbonyl (C=O) groups excluding carboxylic acids is 2. The third-order valence-electron chi connectivity index (χ3n) is 3.34. The van der Waals surface area contributed by atoms with Crippen LogP contribution in [0.25, 0.3) is 0 Å². The Morgan fingerprint density at radius 2 is 2.10 bits per heavy atom. The Kier molecular flexibility index (Phi) is 4.44. The minimum absolute atomic E-state index is 0.0131. The molecule has 0 saturated heterocycles. The maximum absolute atomic E-state index is 12.0. The van der Waals surface area contributed by atoms with E-state index in [4.69, 9.17) is 4.74 Å². The molecule has 1 amide bonds. The van der Waals surface area contributed by atoms with E-state index >= 15 is 0 Å². The lowest BCUT2D eigenvalue weighted by molar-refractivity contribution is 0.0792. The van der Waals surface area contributed by atoms with Crippen LogP contribution in [-0.2, 0) is 11.5 Å². The van der Waals surface area contributed by atoms with Gasteiger partial charge < -0.3 is 14.6 Å². The molecule has 20 heavy (non-hydrogen) atoms. The van der Waals surface area contributed by atoms with Crippen molar-refractivity contribution in [2.75, 3.05) is 13.2 Å². The van der Waals surface area contributed by atoms with E-state index in [0.29, 0.717) is 37.6 Å². The highest BCUT2D eigenvalue weighted by Crippen LogP contribution is 2.16. The SMILES string of the molecule is C[Si](C)(C)CCOCn1ccc2c1C(=O)NCCC2=O. The highest BCUT2D eigenvalue weighted by Gasteiger charge is 2.24. The molecule has 0 saturated carbocycles. The molecule has 5 nitrogen and oxygen atoms in total. The number of ether oxygens (including phenoxy) is 1. The quantitative estimate of drug-likeness (QED) is 0.668. The van der Waals surface area contributed by atoms with E-state index in [1.165, 1.54) is 0 Å². The van der Waals surface area contributed by atoms with Crippen molar-refractivity contribution in [2.45, 2.75) is 38.8 Å². The molecule has 0 bridgehead atoms. The Balaban J connectivity index is 2.03. The molecule has 0 radical (unpaired) electrons. The molecule has 0 atom stereocenters. The monoisotopic (exact) mass is 294 g/mol. The number of hydrogen-bond donors (Lipinski definition) is 1. The van der Waals surface area contributed by atoms with E-state index < -0.39 is 8.07 Å². The summed E-state index contributed by atoms with van der Waals surface area (Å²) in [7, 11) is -1.11. The first-order chi connectivity index (χ1) is 9.38. The molecule has 6 heteroatoms. The van der Waals surface area contributed by atoms with Gasteiger partial charge in [-0.3, -0.25) is 9.59 Å². The zero-order valence-electron chi connectivity index (χ0n) is 12.4. The van der Waals surface area contributed by atoms with Crippen LogP contribution in [0.2, 0.25) is 25.7 Å². The second kappa shape index (κ2) is 5.93. The van der Waals surface area contributed by atoms with Crippen LogP contribution in [0.4, 0.5) is 0 Å². The van der Waals surface area contributed by atoms with Gasteiger partial charge in [-0.15, -0.1) is 0 Å². The van der Waals surface area contributed by atoms with Gasteiger partial charge in [0.1, 0.15) is 12.4 Å². The molecule has 0 aromatic carbocycles. The summed E-state index contributed by atoms with van der Waals surface area (Å²) in [6.07, 6.45) is 2.11. The molecule has 0 aliphatic carbocycles. The molecule has 0 spiro atoms. The summed E-state index contributed by atoms with van der Waals surface area (Å²) in [6, 6.07) is 2.80. The van der Waals surface area contributed by atoms with Crippen molar-refractivity contribution in [3.05, 3.63) is 23.5 Å². The number of fused-ring (bicyclic) bond motifs is 1. The van der Waals surface area contributed by atoms with Gasteiger partial charge in [0, 0.05) is 39.4 Å². The molecule has 2 heterocycles. The minimum atomic E-state index is -1.11. The number of aromatic nitrogens is 1. The average Bonchev–Trinajstić information content (AvgIpc) is 2.71. The maximum Gasteiger partial charge on any atom is 0.268 e. The smallest absolute Gasteiger partial charge is 0.268 e. The molecule has 110 valence electrons. The van der Waals surface area contributed by atoms with Crippen molar-refractivity contribution in [3.8, 4) is 0 Å². The van der Waals surface area contributed by atoms with Crippen LogP contribution < -0.4 is 5.32 Å². The number of nitrogens with one attached hydrogen (secondary N) is 1. The summed E-state index contributed by atoms with van der Waals surface area (Å²) in [6.45, 7) is 8.31. The number of nitrogens with zero attached hydrogens (tertiary/aromatic N) is 1. The summed E-state index contributed by atoms with van der Waals surface area (Å²) in [5, 5.41) is 2.74. The second-order valence-corrected chi connectivity index (χ2v) is 11.9. The third kappa shape index (κ3) is 3.58. The van der Waals surface area contributed by atoms with Gasteiger partial charge >= 0.3 is 0 Å². The van der Waals surface area contributed by atoms with Crippen molar-refractivity contribution >= 4 is 19.8 Å². The Morgan fingerprint density at radius 3 is 2.80 bits per heavy atom. The van der Waals surface area contributed by atoms with Crippen LogP contribution in [0.15, 0.2) is 12.3 Å². The van der Waals surface area contributed by atoms with Gasteiger partial charge in [0.2, 0.25) is 0 Å². The molecule has 1 aromatic rings. The van der Waals surface area contributed by atoms with E-state index in [1.807, 2.05) is 0 Å². The second-order valence-electron chi connectivity index (χ2n) is 6.32. The van der Waals surface area contributed by atoms with E-state index in [2.05, 4.69) is 25.0 Å². The Hall–Kier alpha value is -1.40. The van der Waals surface area contributed by atoms with Gasteiger partial charge in [-0.1, -0.05) is 19.6 Å². The number of ketones is 1. The van der Waals surface area contributed by atoms with Crippen LogP contribution in [0, 0.1) is 0 Å². The molecular weight excluding hydrogens is 272 g/mol. The summed E-state index contributed by atoms with van der Waals surface area (Å²) in [4.78, 5) is 23.9. The van der Waals surface area contributed by atoms with Crippen molar-refractivity contribution in [2.24, 2.45) is 0 Å². The fourth-order valence-corrected chi connectivity index (χ4v) is 2.86. The van der Waals surface area contributed by atoms with Crippen LogP contribution in [0.1, 0.15) is 27.3 Å². The lowest BCUT2D eigenvalue weighted by atomic mass is 10.1. The first kappa shape index (κ1) is 15.0. The van der Waals surface area contributed by atoms with Crippen LogP contribution in [0.3, 0.4) is 0 Å². The minimum Gasteiger partial charge on any atom is -0.361 e. The van der Waals surface area contributed by atoms with Crippen LogP contribution in [-0.4, -0.2) is 37.5 Å². The summed E-state index contributed by atoms with van der Waals surface area (Å²) >= 11 is 0. The molecule has 2 rings (SSSR count). The van der Waals surface area contributed by atoms with E-state index in [1.54, 1.807) is 16.8 Å². The zero-order chi connectivity index (χ0) is 14.8. The molecule has 0 unspecified atom stereocenters. The fraction of sp³-hybridized carbons (Fsp3) is 0.571. The predicted octanol–water partition coefficient (Wildman–Crippen LogP) is 2.12. The highest BCUT2D eigenvalue weighted by atomic mass is 28.3. The standard InChI is InChI=1S/C14H22N2O3Si/c1-20(2,3)9-8-19-10-16-7-5-11-12(17)4-6-15-14(18)13(11)16/h5,7H,4,6,8-10H2,1-3H3,(H,15,18). The number of carbonyl (C=O) groups is 2. The molecule has 1 aliphatic rings. The number of amides is 1. The summed E-state index contributed by atoms with van der Waals surface area (Å²) in [5.41, 5.74) is 0.939. The Labute approximate surface area is 120 Å². The predicted molar refractivity (Wildman–Crippen MR) is 79.8 cm³/mol. The van der Waals surface area contributed by atoms with E-state index in [0.717, 1.165) is 6.04 Å². The fourth-order valence-electron chi connectivity index (χ4n) is 2.11. The van der Waals surface area contributed by atoms with E-state index in [9.17, 15) is 9.59 Å². The summed E-state index contributed by atoms with van der Waals surface area (Å²) < 4.78 is 7.37. The molecule has 1 aliphatic heterocycles. The molecule has 0 fully saturated rings. The van der Waals surface area contributed by atoms with Crippen LogP contribution in [0.5, 0.6) is 0 Å². The van der Waals surface area contributed by atoms with Crippen molar-refractivity contribution in [3.63, 3.8) is 0 Å². The van der Waals surface area contributed by atoms with Crippen molar-refractivity contribution in [1.29, 1.82) is 0 Å². The normalized spacial score (nSPS) is 15.8. The molecular formula is C14H22N2O3Si. The highest BCUT2D eigenvalue weighted by molar-refractivity contribution is 6.76. The topological polar surface area (TPSA) is 60.3 Å². The van der Waals surface area contributed by atoms with Crippen LogP contribution >= 0.6 is 0 Å². The number of hydrogen-bond acceptors (Lipinski definition) is 3. The summed E-state index contributed by atoms with van der Waals surface area (Å²) in [5.74, 6) is -0.177. The maximum atomic E-state index is 12.0. The zero-order valence-corrected chi connectivity index (χ0v) is 13.4. The first-order valence-electron chi connectivity index (χ1n) is 6.97. The van der Waals surface area contributed by atoms with Gasteiger partial charge in [0.25, 0.3) is 5.91 Å². The lowest BCUT2D eigenvalue weighted by Gasteiger charge is -2.16. The average molecular weight is 294 g/mol. The van der Waals surface area contributed by atoms with Crippen molar-refractivity contribution in [1.82, 2.24) is 9.88 Å². The third-order valence-corrected chi connectivity index (χ3v) is 5.05. The lowest BCUT2D eigenvalue weighted by Crippen LogP contribution is -2.26. The number of rotatable bonds is 5. The molecule has 1 N–H and O–H groups in total. The van der Waals surface area contributed by atoms with Crippen molar-refractivity contribution < 1.29 is 14.3 Å². The largest absolute Gasteiger partial charge is 0.361 e. The van der Waals surface area contributed by atoms with Gasteiger partial charge in [0.15, 0.2) is 5.78 Å². The Morgan fingerprint density at radius 1 is 1.35 bits per heavy atom. The van der Waals surface area contributed by atoms with Gasteiger partial charge in [-0.2, -0.15) is 0 Å². The molecule has 1 aromatic heterocycles. The van der Waals surface area contributed by atoms with Gasteiger partial charge in [-0.25, -0.2) is 0 Å². The van der Waals surface area contributed by atoms with E-state index in [-0.39, 0.29) is 11.7 Å². The van der Waals surface area contributed by atoms with Gasteiger partial charge in [-0.05, 0) is 12.1 Å². The first-order valence-corrected chi connectivity index (χ1v) is 10.7. The number of Topliss-reactive ketones (excluding diaryl/α,β-unsaturated/α-hetero) is 1. The van der Waals surface area contributed by atoms with Gasteiger partial charge in [0.05, 0.1) is 0 Å². The Bertz CT molecular complexity index is 517.